The SMILES string of the molecule is Cl.Cl.c1cc2cncc3ccc4cncc1c4c23. The number of rotatable bonds is 0. The zero-order chi connectivity index (χ0) is 10.5. The van der Waals surface area contributed by atoms with Gasteiger partial charge in [0.15, 0.2) is 0 Å². The van der Waals surface area contributed by atoms with Gasteiger partial charge in [-0.1, -0.05) is 24.3 Å². The third-order valence-electron chi connectivity index (χ3n) is 3.14. The fourth-order valence-corrected chi connectivity index (χ4v) is 2.43. The molecule has 0 amide bonds. The van der Waals surface area contributed by atoms with E-state index in [1.54, 1.807) is 0 Å². The summed E-state index contributed by atoms with van der Waals surface area (Å²) in [6.07, 6.45) is 7.67. The fourth-order valence-electron chi connectivity index (χ4n) is 2.43. The largest absolute Gasteiger partial charge is 0.263 e. The van der Waals surface area contributed by atoms with Gasteiger partial charge in [-0.15, -0.1) is 24.8 Å². The van der Waals surface area contributed by atoms with Gasteiger partial charge in [0.1, 0.15) is 0 Å². The van der Waals surface area contributed by atoms with Crippen molar-refractivity contribution in [2.24, 2.45) is 0 Å². The number of pyridine rings is 2. The van der Waals surface area contributed by atoms with Crippen LogP contribution in [0.1, 0.15) is 0 Å². The molecule has 0 N–H and O–H groups in total. The molecule has 0 aliphatic rings. The zero-order valence-corrected chi connectivity index (χ0v) is 11.0. The lowest BCUT2D eigenvalue weighted by Gasteiger charge is -2.08. The second kappa shape index (κ2) is 4.56. The molecule has 0 atom stereocenters. The Hall–Kier alpha value is -1.64. The van der Waals surface area contributed by atoms with Crippen LogP contribution in [0.2, 0.25) is 0 Å². The Kier molecular flexibility index (Phi) is 3.24. The molecule has 0 fully saturated rings. The van der Waals surface area contributed by atoms with E-state index in [9.17, 15) is 0 Å². The highest BCUT2D eigenvalue weighted by atomic mass is 35.5. The Bertz CT molecular complexity index is 684. The van der Waals surface area contributed by atoms with Crippen LogP contribution in [0, 0.1) is 0 Å². The maximum atomic E-state index is 4.25. The Balaban J connectivity index is 0.000000602. The van der Waals surface area contributed by atoms with Gasteiger partial charge in [-0.25, -0.2) is 0 Å². The normalized spacial score (nSPS) is 10.4. The third kappa shape index (κ3) is 1.57. The Morgan fingerprint density at radius 3 is 1.06 bits per heavy atom. The van der Waals surface area contributed by atoms with E-state index in [0.717, 1.165) is 0 Å². The average molecular weight is 277 g/mol. The molecule has 4 rings (SSSR count). The van der Waals surface area contributed by atoms with Crippen molar-refractivity contribution in [3.8, 4) is 0 Å². The lowest BCUT2D eigenvalue weighted by atomic mass is 9.98. The molecule has 0 radical (unpaired) electrons. The summed E-state index contributed by atoms with van der Waals surface area (Å²) in [5.41, 5.74) is 0. The van der Waals surface area contributed by atoms with Crippen LogP contribution in [0.3, 0.4) is 0 Å². The molecule has 2 aromatic carbocycles. The summed E-state index contributed by atoms with van der Waals surface area (Å²) in [6.45, 7) is 0. The van der Waals surface area contributed by atoms with Crippen LogP contribution in [0.4, 0.5) is 0 Å². The standard InChI is InChI=1S/C14H8N2.2ClH/c1-2-10-6-16-8-12-4-3-11-7-15-5-9(1)13(11)14(10)12;;/h1-8H;2*1H. The van der Waals surface area contributed by atoms with Crippen LogP contribution in [-0.2, 0) is 0 Å². The summed E-state index contributed by atoms with van der Waals surface area (Å²) in [4.78, 5) is 8.51. The Morgan fingerprint density at radius 2 is 0.778 bits per heavy atom. The molecule has 0 spiro atoms. The minimum atomic E-state index is 0. The number of benzene rings is 2. The van der Waals surface area contributed by atoms with E-state index in [2.05, 4.69) is 34.2 Å². The predicted molar refractivity (Wildman–Crippen MR) is 80.2 cm³/mol. The van der Waals surface area contributed by atoms with Gasteiger partial charge in [-0.2, -0.15) is 0 Å². The summed E-state index contributed by atoms with van der Waals surface area (Å²) in [5, 5.41) is 7.38. The van der Waals surface area contributed by atoms with Crippen molar-refractivity contribution in [2.45, 2.75) is 0 Å². The summed E-state index contributed by atoms with van der Waals surface area (Å²) in [7, 11) is 0. The van der Waals surface area contributed by atoms with Crippen LogP contribution in [-0.4, -0.2) is 9.97 Å². The van der Waals surface area contributed by atoms with Gasteiger partial charge >= 0.3 is 0 Å². The minimum absolute atomic E-state index is 0. The molecule has 2 nitrogen and oxygen atoms in total. The van der Waals surface area contributed by atoms with Crippen LogP contribution in [0.5, 0.6) is 0 Å². The van der Waals surface area contributed by atoms with Gasteiger partial charge in [-0.3, -0.25) is 9.97 Å². The van der Waals surface area contributed by atoms with Crippen molar-refractivity contribution in [3.63, 3.8) is 0 Å². The first-order chi connectivity index (χ1) is 7.93. The van der Waals surface area contributed by atoms with Gasteiger partial charge in [0.25, 0.3) is 0 Å². The summed E-state index contributed by atoms with van der Waals surface area (Å²) in [6, 6.07) is 8.44. The van der Waals surface area contributed by atoms with Crippen LogP contribution in [0.25, 0.3) is 32.3 Å². The Morgan fingerprint density at radius 1 is 0.500 bits per heavy atom. The van der Waals surface area contributed by atoms with E-state index >= 15 is 0 Å². The molecule has 4 heteroatoms. The first-order valence-electron chi connectivity index (χ1n) is 5.26. The van der Waals surface area contributed by atoms with E-state index in [1.165, 1.54) is 32.3 Å². The van der Waals surface area contributed by atoms with Gasteiger partial charge in [0.05, 0.1) is 0 Å². The minimum Gasteiger partial charge on any atom is -0.263 e. The van der Waals surface area contributed by atoms with Crippen molar-refractivity contribution in [1.82, 2.24) is 9.97 Å². The summed E-state index contributed by atoms with van der Waals surface area (Å²) < 4.78 is 0. The molecule has 18 heavy (non-hydrogen) atoms. The van der Waals surface area contributed by atoms with E-state index in [0.29, 0.717) is 0 Å². The average Bonchev–Trinajstić information content (AvgIpc) is 2.36. The molecule has 0 aliphatic heterocycles. The number of hydrogen-bond donors (Lipinski definition) is 0. The zero-order valence-electron chi connectivity index (χ0n) is 9.33. The topological polar surface area (TPSA) is 25.8 Å². The van der Waals surface area contributed by atoms with Gasteiger partial charge in [0.2, 0.25) is 0 Å². The smallest absolute Gasteiger partial charge is 0.0347 e. The molecule has 2 aromatic heterocycles. The number of nitrogens with zero attached hydrogens (tertiary/aromatic N) is 2. The second-order valence-corrected chi connectivity index (χ2v) is 4.05. The maximum Gasteiger partial charge on any atom is 0.0347 e. The monoisotopic (exact) mass is 276 g/mol. The Labute approximate surface area is 116 Å². The fraction of sp³-hybridized carbons (Fsp3) is 0. The van der Waals surface area contributed by atoms with E-state index < -0.39 is 0 Å². The van der Waals surface area contributed by atoms with E-state index in [4.69, 9.17) is 0 Å². The highest BCUT2D eigenvalue weighted by molar-refractivity contribution is 6.22. The molecule has 0 bridgehead atoms. The molecule has 0 unspecified atom stereocenters. The molecule has 4 aromatic rings. The molecule has 0 saturated heterocycles. The van der Waals surface area contributed by atoms with Crippen molar-refractivity contribution >= 4 is 57.1 Å². The first kappa shape index (κ1) is 12.8. The molecular weight excluding hydrogens is 267 g/mol. The van der Waals surface area contributed by atoms with Gasteiger partial charge in [-0.05, 0) is 0 Å². The van der Waals surface area contributed by atoms with E-state index in [-0.39, 0.29) is 24.8 Å². The molecule has 2 heterocycles. The van der Waals surface area contributed by atoms with Crippen molar-refractivity contribution < 1.29 is 0 Å². The van der Waals surface area contributed by atoms with Crippen LogP contribution in [0.15, 0.2) is 49.1 Å². The lowest BCUT2D eigenvalue weighted by Crippen LogP contribution is -1.85. The molecule has 0 saturated carbocycles. The summed E-state index contributed by atoms with van der Waals surface area (Å²) >= 11 is 0. The number of aromatic nitrogens is 2. The van der Waals surface area contributed by atoms with Crippen molar-refractivity contribution in [3.05, 3.63) is 49.1 Å². The number of hydrogen-bond acceptors (Lipinski definition) is 2. The highest BCUT2D eigenvalue weighted by Crippen LogP contribution is 2.32. The van der Waals surface area contributed by atoms with Gasteiger partial charge in [0, 0.05) is 57.1 Å². The maximum absolute atomic E-state index is 4.25. The van der Waals surface area contributed by atoms with Crippen LogP contribution < -0.4 is 0 Å². The number of halogens is 2. The molecular formula is C14H10Cl2N2. The first-order valence-corrected chi connectivity index (χ1v) is 5.26. The second-order valence-electron chi connectivity index (χ2n) is 4.05. The quantitative estimate of drug-likeness (QED) is 0.450. The third-order valence-corrected chi connectivity index (χ3v) is 3.14. The highest BCUT2D eigenvalue weighted by Gasteiger charge is 2.07. The summed E-state index contributed by atoms with van der Waals surface area (Å²) in [5.74, 6) is 0. The lowest BCUT2D eigenvalue weighted by molar-refractivity contribution is 1.37. The van der Waals surface area contributed by atoms with Gasteiger partial charge < -0.3 is 0 Å². The van der Waals surface area contributed by atoms with Crippen molar-refractivity contribution in [1.29, 1.82) is 0 Å². The van der Waals surface area contributed by atoms with Crippen molar-refractivity contribution in [2.75, 3.05) is 0 Å². The predicted octanol–water partition coefficient (Wildman–Crippen LogP) is 4.22. The van der Waals surface area contributed by atoms with Crippen LogP contribution >= 0.6 is 24.8 Å². The molecule has 90 valence electrons. The molecule has 0 aliphatic carbocycles. The van der Waals surface area contributed by atoms with E-state index in [1.807, 2.05) is 24.8 Å².